The molecule has 0 atom stereocenters. The minimum absolute atomic E-state index is 0.0686. The lowest BCUT2D eigenvalue weighted by Gasteiger charge is -2.22. The highest BCUT2D eigenvalue weighted by molar-refractivity contribution is 7.92. The Balaban J connectivity index is 1.31. The normalized spacial score (nSPS) is 13.7. The Morgan fingerprint density at radius 1 is 0.943 bits per heavy atom. The largest absolute Gasteiger partial charge is 0.495 e. The van der Waals surface area contributed by atoms with E-state index in [1.54, 1.807) is 48.5 Å². The predicted octanol–water partition coefficient (Wildman–Crippen LogP) is 3.96. The Kier molecular flexibility index (Phi) is 6.00. The van der Waals surface area contributed by atoms with Crippen LogP contribution in [-0.4, -0.2) is 51.1 Å². The van der Waals surface area contributed by atoms with Gasteiger partial charge in [0.25, 0.3) is 15.9 Å². The number of nitrogens with one attached hydrogen (secondary N) is 1. The van der Waals surface area contributed by atoms with Crippen molar-refractivity contribution in [3.63, 3.8) is 0 Å². The zero-order chi connectivity index (χ0) is 24.4. The summed E-state index contributed by atoms with van der Waals surface area (Å²) in [6.07, 6.45) is 1.62. The van der Waals surface area contributed by atoms with Crippen LogP contribution < -0.4 is 14.4 Å². The SMILES string of the molecule is COc1ccccc1N1CCN(C(=O)c2ccc(S(=O)(=O)Nc3cccc4cccnc34)cc2)C1. The van der Waals surface area contributed by atoms with Gasteiger partial charge in [0.1, 0.15) is 5.75 Å². The van der Waals surface area contributed by atoms with E-state index in [0.717, 1.165) is 16.8 Å². The number of sulfonamides is 1. The van der Waals surface area contributed by atoms with E-state index in [1.807, 2.05) is 36.4 Å². The van der Waals surface area contributed by atoms with Gasteiger partial charge < -0.3 is 14.5 Å². The topological polar surface area (TPSA) is 91.8 Å². The van der Waals surface area contributed by atoms with Gasteiger partial charge in [0.05, 0.1) is 35.6 Å². The van der Waals surface area contributed by atoms with E-state index in [0.29, 0.717) is 36.5 Å². The summed E-state index contributed by atoms with van der Waals surface area (Å²) in [5, 5.41) is 0.835. The molecule has 0 bridgehead atoms. The van der Waals surface area contributed by atoms with Gasteiger partial charge in [-0.05, 0) is 48.5 Å². The van der Waals surface area contributed by atoms with Crippen molar-refractivity contribution in [2.45, 2.75) is 4.90 Å². The van der Waals surface area contributed by atoms with Crippen molar-refractivity contribution < 1.29 is 17.9 Å². The number of aromatic nitrogens is 1. The number of carbonyl (C=O) groups excluding carboxylic acids is 1. The van der Waals surface area contributed by atoms with Crippen LogP contribution in [0.2, 0.25) is 0 Å². The molecule has 1 aromatic heterocycles. The number of carbonyl (C=O) groups is 1. The van der Waals surface area contributed by atoms with Crippen LogP contribution in [0.15, 0.2) is 90.0 Å². The lowest BCUT2D eigenvalue weighted by Crippen LogP contribution is -2.31. The molecule has 1 fully saturated rings. The molecule has 1 aliphatic rings. The third-order valence-corrected chi connectivity index (χ3v) is 7.36. The molecule has 178 valence electrons. The summed E-state index contributed by atoms with van der Waals surface area (Å²) in [5.41, 5.74) is 2.33. The Bertz CT molecular complexity index is 1480. The highest BCUT2D eigenvalue weighted by Crippen LogP contribution is 2.30. The van der Waals surface area contributed by atoms with Crippen LogP contribution in [0, 0.1) is 0 Å². The molecule has 1 amide bonds. The van der Waals surface area contributed by atoms with Gasteiger partial charge >= 0.3 is 0 Å². The molecule has 0 spiro atoms. The van der Waals surface area contributed by atoms with Gasteiger partial charge in [0.15, 0.2) is 0 Å². The molecule has 35 heavy (non-hydrogen) atoms. The van der Waals surface area contributed by atoms with Gasteiger partial charge in [0.2, 0.25) is 0 Å². The van der Waals surface area contributed by atoms with Gasteiger partial charge in [-0.2, -0.15) is 0 Å². The number of benzene rings is 3. The molecule has 8 nitrogen and oxygen atoms in total. The van der Waals surface area contributed by atoms with Crippen molar-refractivity contribution in [3.05, 3.63) is 90.6 Å². The molecule has 0 aliphatic carbocycles. The first kappa shape index (κ1) is 22.7. The molecule has 5 rings (SSSR count). The molecule has 1 N–H and O–H groups in total. The number of nitrogens with zero attached hydrogens (tertiary/aromatic N) is 3. The zero-order valence-corrected chi connectivity index (χ0v) is 19.9. The maximum Gasteiger partial charge on any atom is 0.261 e. The fraction of sp³-hybridized carbons (Fsp3) is 0.154. The molecule has 0 unspecified atom stereocenters. The molecular formula is C26H24N4O4S. The van der Waals surface area contributed by atoms with Crippen molar-refractivity contribution in [3.8, 4) is 5.75 Å². The number of para-hydroxylation sites is 3. The van der Waals surface area contributed by atoms with E-state index in [1.165, 1.54) is 12.1 Å². The molecule has 1 saturated heterocycles. The average molecular weight is 489 g/mol. The van der Waals surface area contributed by atoms with Gasteiger partial charge in [-0.1, -0.05) is 30.3 Å². The summed E-state index contributed by atoms with van der Waals surface area (Å²) in [5.74, 6) is 0.600. The first-order valence-corrected chi connectivity index (χ1v) is 12.6. The van der Waals surface area contributed by atoms with Gasteiger partial charge in [0, 0.05) is 30.2 Å². The predicted molar refractivity (Wildman–Crippen MR) is 135 cm³/mol. The highest BCUT2D eigenvalue weighted by atomic mass is 32.2. The maximum absolute atomic E-state index is 13.1. The number of methoxy groups -OCH3 is 1. The number of hydrogen-bond donors (Lipinski definition) is 1. The van der Waals surface area contributed by atoms with Gasteiger partial charge in [-0.15, -0.1) is 0 Å². The molecule has 0 saturated carbocycles. The summed E-state index contributed by atoms with van der Waals surface area (Å²) >= 11 is 0. The summed E-state index contributed by atoms with van der Waals surface area (Å²) in [6, 6.07) is 22.7. The zero-order valence-electron chi connectivity index (χ0n) is 19.1. The number of rotatable bonds is 6. The van der Waals surface area contributed by atoms with Crippen LogP contribution >= 0.6 is 0 Å². The van der Waals surface area contributed by atoms with E-state index in [2.05, 4.69) is 14.6 Å². The Morgan fingerprint density at radius 2 is 1.71 bits per heavy atom. The van der Waals surface area contributed by atoms with Crippen molar-refractivity contribution >= 4 is 38.2 Å². The Labute approximate surface area is 203 Å². The van der Waals surface area contributed by atoms with Crippen molar-refractivity contribution in [1.82, 2.24) is 9.88 Å². The van der Waals surface area contributed by atoms with Gasteiger partial charge in [-0.25, -0.2) is 8.42 Å². The first-order chi connectivity index (χ1) is 17.0. The van der Waals surface area contributed by atoms with Crippen LogP contribution in [0.1, 0.15) is 10.4 Å². The smallest absolute Gasteiger partial charge is 0.261 e. The second-order valence-corrected chi connectivity index (χ2v) is 9.84. The molecule has 3 aromatic carbocycles. The van der Waals surface area contributed by atoms with Crippen LogP contribution in [0.3, 0.4) is 0 Å². The van der Waals surface area contributed by atoms with Crippen LogP contribution in [0.5, 0.6) is 5.75 Å². The Morgan fingerprint density at radius 3 is 2.51 bits per heavy atom. The highest BCUT2D eigenvalue weighted by Gasteiger charge is 2.27. The minimum Gasteiger partial charge on any atom is -0.495 e. The average Bonchev–Trinajstić information content (AvgIpc) is 3.38. The molecule has 0 radical (unpaired) electrons. The van der Waals surface area contributed by atoms with Crippen molar-refractivity contribution in [2.75, 3.05) is 36.5 Å². The first-order valence-electron chi connectivity index (χ1n) is 11.1. The summed E-state index contributed by atoms with van der Waals surface area (Å²) < 4.78 is 34.0. The van der Waals surface area contributed by atoms with Gasteiger partial charge in [-0.3, -0.25) is 14.5 Å². The number of hydrogen-bond acceptors (Lipinski definition) is 6. The minimum atomic E-state index is -3.86. The lowest BCUT2D eigenvalue weighted by molar-refractivity contribution is 0.0794. The van der Waals surface area contributed by atoms with E-state index >= 15 is 0 Å². The van der Waals surface area contributed by atoms with Crippen molar-refractivity contribution in [1.29, 1.82) is 0 Å². The third-order valence-electron chi connectivity index (χ3n) is 5.98. The summed E-state index contributed by atoms with van der Waals surface area (Å²) in [4.78, 5) is 21.2. The second kappa shape index (κ2) is 9.27. The quantitative estimate of drug-likeness (QED) is 0.442. The molecular weight excluding hydrogens is 464 g/mol. The number of ether oxygens (including phenoxy) is 1. The van der Waals surface area contributed by atoms with E-state index < -0.39 is 10.0 Å². The lowest BCUT2D eigenvalue weighted by atomic mass is 10.2. The number of pyridine rings is 1. The maximum atomic E-state index is 13.1. The number of fused-ring (bicyclic) bond motifs is 1. The molecule has 2 heterocycles. The molecule has 1 aliphatic heterocycles. The van der Waals surface area contributed by atoms with E-state index in [9.17, 15) is 13.2 Å². The summed E-state index contributed by atoms with van der Waals surface area (Å²) in [7, 11) is -2.23. The standard InChI is InChI=1S/C26H24N4O4S/c1-34-24-10-3-2-9-23(24)29-16-17-30(18-29)26(31)20-11-13-21(14-12-20)35(32,33)28-22-8-4-6-19-7-5-15-27-25(19)22/h2-15,28H,16-18H2,1H3. The fourth-order valence-electron chi connectivity index (χ4n) is 4.19. The van der Waals surface area contributed by atoms with E-state index in [-0.39, 0.29) is 10.8 Å². The third kappa shape index (κ3) is 4.50. The van der Waals surface area contributed by atoms with Crippen LogP contribution in [-0.2, 0) is 10.0 Å². The second-order valence-electron chi connectivity index (χ2n) is 8.16. The summed E-state index contributed by atoms with van der Waals surface area (Å²) in [6.45, 7) is 1.67. The number of amides is 1. The number of anilines is 2. The van der Waals surface area contributed by atoms with Crippen LogP contribution in [0.25, 0.3) is 10.9 Å². The van der Waals surface area contributed by atoms with Crippen LogP contribution in [0.4, 0.5) is 11.4 Å². The van der Waals surface area contributed by atoms with Crippen molar-refractivity contribution in [2.24, 2.45) is 0 Å². The van der Waals surface area contributed by atoms with E-state index in [4.69, 9.17) is 4.74 Å². The molecule has 4 aromatic rings. The molecule has 9 heteroatoms. The Hall–Kier alpha value is -4.11. The fourth-order valence-corrected chi connectivity index (χ4v) is 5.26. The monoisotopic (exact) mass is 488 g/mol.